The molecule has 0 radical (unpaired) electrons. The number of hydrogen-bond donors (Lipinski definition) is 1. The normalized spacial score (nSPS) is 10.3. The van der Waals surface area contributed by atoms with Crippen LogP contribution in [0, 0.1) is 25.2 Å². The summed E-state index contributed by atoms with van der Waals surface area (Å²) >= 11 is 1.84. The average molecular weight is 256 g/mol. The molecule has 0 saturated heterocycles. The highest BCUT2D eigenvalue weighted by atomic mass is 32.1. The Hall–Kier alpha value is -1.63. The van der Waals surface area contributed by atoms with Gasteiger partial charge in [-0.25, -0.2) is 0 Å². The van der Waals surface area contributed by atoms with Crippen LogP contribution in [0.15, 0.2) is 30.3 Å². The lowest BCUT2D eigenvalue weighted by molar-refractivity contribution is 0.700. The van der Waals surface area contributed by atoms with E-state index in [0.717, 1.165) is 24.2 Å². The van der Waals surface area contributed by atoms with Crippen molar-refractivity contribution in [2.75, 3.05) is 0 Å². The van der Waals surface area contributed by atoms with E-state index in [1.54, 1.807) is 0 Å². The minimum atomic E-state index is 0.720. The molecular formula is C15H16N2S. The van der Waals surface area contributed by atoms with Crippen molar-refractivity contribution >= 4 is 11.3 Å². The third-order valence-electron chi connectivity index (χ3n) is 2.90. The van der Waals surface area contributed by atoms with Gasteiger partial charge in [-0.05, 0) is 43.2 Å². The SMILES string of the molecule is Cc1cc(CNCc2cccc(C#N)c2)sc1C. The number of thiophene rings is 1. The largest absolute Gasteiger partial charge is 0.308 e. The molecule has 18 heavy (non-hydrogen) atoms. The fraction of sp³-hybridized carbons (Fsp3) is 0.267. The standard InChI is InChI=1S/C15H16N2S/c1-11-6-15(18-12(11)2)10-17-9-14-5-3-4-13(7-14)8-16/h3-7,17H,9-10H2,1-2H3. The molecule has 1 heterocycles. The molecule has 0 fully saturated rings. The monoisotopic (exact) mass is 256 g/mol. The molecule has 3 heteroatoms. The lowest BCUT2D eigenvalue weighted by Crippen LogP contribution is -2.11. The maximum atomic E-state index is 8.83. The van der Waals surface area contributed by atoms with E-state index in [1.165, 1.54) is 15.3 Å². The molecule has 0 unspecified atom stereocenters. The molecule has 0 amide bonds. The molecule has 0 aliphatic carbocycles. The van der Waals surface area contributed by atoms with Crippen LogP contribution in [0.4, 0.5) is 0 Å². The Kier molecular flexibility index (Phi) is 4.14. The Balaban J connectivity index is 1.90. The van der Waals surface area contributed by atoms with E-state index in [4.69, 9.17) is 5.26 Å². The molecule has 1 N–H and O–H groups in total. The molecule has 2 rings (SSSR count). The van der Waals surface area contributed by atoms with Gasteiger partial charge in [-0.3, -0.25) is 0 Å². The van der Waals surface area contributed by atoms with E-state index in [9.17, 15) is 0 Å². The molecule has 1 aromatic heterocycles. The van der Waals surface area contributed by atoms with Crippen LogP contribution in [0.3, 0.4) is 0 Å². The van der Waals surface area contributed by atoms with Crippen LogP contribution in [0.5, 0.6) is 0 Å². The van der Waals surface area contributed by atoms with Crippen molar-refractivity contribution in [3.8, 4) is 6.07 Å². The Bertz CT molecular complexity index is 559. The number of benzene rings is 1. The van der Waals surface area contributed by atoms with Gasteiger partial charge in [-0.15, -0.1) is 11.3 Å². The van der Waals surface area contributed by atoms with Gasteiger partial charge in [-0.2, -0.15) is 5.26 Å². The van der Waals surface area contributed by atoms with Gasteiger partial charge in [0, 0.05) is 22.8 Å². The van der Waals surface area contributed by atoms with Gasteiger partial charge in [0.2, 0.25) is 0 Å². The maximum Gasteiger partial charge on any atom is 0.0991 e. The third kappa shape index (κ3) is 3.19. The van der Waals surface area contributed by atoms with Crippen molar-refractivity contribution in [3.05, 3.63) is 56.8 Å². The Morgan fingerprint density at radius 1 is 1.22 bits per heavy atom. The van der Waals surface area contributed by atoms with Crippen molar-refractivity contribution in [1.29, 1.82) is 5.26 Å². The number of nitrogens with zero attached hydrogens (tertiary/aromatic N) is 1. The van der Waals surface area contributed by atoms with E-state index in [-0.39, 0.29) is 0 Å². The molecule has 2 nitrogen and oxygen atoms in total. The topological polar surface area (TPSA) is 35.8 Å². The highest BCUT2D eigenvalue weighted by Crippen LogP contribution is 2.20. The summed E-state index contributed by atoms with van der Waals surface area (Å²) in [7, 11) is 0. The Morgan fingerprint density at radius 2 is 2.06 bits per heavy atom. The predicted octanol–water partition coefficient (Wildman–Crippen LogP) is 3.53. The molecule has 2 aromatic rings. The summed E-state index contributed by atoms with van der Waals surface area (Å²) in [6, 6.07) is 12.1. The van der Waals surface area contributed by atoms with Crippen molar-refractivity contribution < 1.29 is 0 Å². The molecule has 0 bridgehead atoms. The Labute approximate surface area is 112 Å². The predicted molar refractivity (Wildman–Crippen MR) is 75.5 cm³/mol. The second kappa shape index (κ2) is 5.81. The second-order valence-electron chi connectivity index (χ2n) is 4.37. The van der Waals surface area contributed by atoms with Gasteiger partial charge in [0.15, 0.2) is 0 Å². The summed E-state index contributed by atoms with van der Waals surface area (Å²) in [5, 5.41) is 12.2. The smallest absolute Gasteiger partial charge is 0.0991 e. The summed E-state index contributed by atoms with van der Waals surface area (Å²) in [6.45, 7) is 5.98. The first-order valence-electron chi connectivity index (χ1n) is 5.94. The molecule has 0 saturated carbocycles. The van der Waals surface area contributed by atoms with Crippen LogP contribution in [0.1, 0.15) is 26.4 Å². The zero-order chi connectivity index (χ0) is 13.0. The fourth-order valence-corrected chi connectivity index (χ4v) is 2.84. The number of nitriles is 1. The van der Waals surface area contributed by atoms with E-state index >= 15 is 0 Å². The highest BCUT2D eigenvalue weighted by molar-refractivity contribution is 7.12. The zero-order valence-corrected chi connectivity index (χ0v) is 11.5. The van der Waals surface area contributed by atoms with Gasteiger partial charge < -0.3 is 5.32 Å². The van der Waals surface area contributed by atoms with Crippen LogP contribution in [-0.4, -0.2) is 0 Å². The minimum Gasteiger partial charge on any atom is -0.308 e. The first-order valence-corrected chi connectivity index (χ1v) is 6.76. The van der Waals surface area contributed by atoms with Gasteiger partial charge in [0.1, 0.15) is 0 Å². The number of rotatable bonds is 4. The summed E-state index contributed by atoms with van der Waals surface area (Å²) in [6.07, 6.45) is 0. The first-order chi connectivity index (χ1) is 8.69. The van der Waals surface area contributed by atoms with E-state index in [1.807, 2.05) is 35.6 Å². The number of hydrogen-bond acceptors (Lipinski definition) is 3. The zero-order valence-electron chi connectivity index (χ0n) is 10.7. The molecule has 92 valence electrons. The van der Waals surface area contributed by atoms with Gasteiger partial charge in [-0.1, -0.05) is 12.1 Å². The first kappa shape index (κ1) is 12.8. The van der Waals surface area contributed by atoms with Crippen molar-refractivity contribution in [2.45, 2.75) is 26.9 Å². The summed E-state index contributed by atoms with van der Waals surface area (Å²) in [5.41, 5.74) is 3.24. The minimum absolute atomic E-state index is 0.720. The van der Waals surface area contributed by atoms with E-state index < -0.39 is 0 Å². The quantitative estimate of drug-likeness (QED) is 0.908. The lowest BCUT2D eigenvalue weighted by atomic mass is 10.1. The summed E-state index contributed by atoms with van der Waals surface area (Å²) < 4.78 is 0. The second-order valence-corrected chi connectivity index (χ2v) is 5.71. The maximum absolute atomic E-state index is 8.83. The van der Waals surface area contributed by atoms with Gasteiger partial charge in [0.05, 0.1) is 11.6 Å². The van der Waals surface area contributed by atoms with Gasteiger partial charge in [0.25, 0.3) is 0 Å². The van der Waals surface area contributed by atoms with Gasteiger partial charge >= 0.3 is 0 Å². The molecule has 0 atom stereocenters. The summed E-state index contributed by atoms with van der Waals surface area (Å²) in [4.78, 5) is 2.75. The number of aryl methyl sites for hydroxylation is 2. The fourth-order valence-electron chi connectivity index (χ4n) is 1.82. The molecule has 0 aliphatic heterocycles. The van der Waals surface area contributed by atoms with Crippen LogP contribution >= 0.6 is 11.3 Å². The van der Waals surface area contributed by atoms with Crippen LogP contribution in [0.2, 0.25) is 0 Å². The van der Waals surface area contributed by atoms with Crippen LogP contribution in [-0.2, 0) is 13.1 Å². The van der Waals surface area contributed by atoms with Crippen molar-refractivity contribution in [2.24, 2.45) is 0 Å². The van der Waals surface area contributed by atoms with Crippen LogP contribution < -0.4 is 5.32 Å². The lowest BCUT2D eigenvalue weighted by Gasteiger charge is -2.03. The molecule has 0 spiro atoms. The molecule has 0 aliphatic rings. The van der Waals surface area contributed by atoms with Crippen molar-refractivity contribution in [1.82, 2.24) is 5.32 Å². The summed E-state index contributed by atoms with van der Waals surface area (Å²) in [5.74, 6) is 0. The van der Waals surface area contributed by atoms with E-state index in [2.05, 4.69) is 31.3 Å². The third-order valence-corrected chi connectivity index (χ3v) is 4.05. The van der Waals surface area contributed by atoms with Crippen LogP contribution in [0.25, 0.3) is 0 Å². The average Bonchev–Trinajstić information content (AvgIpc) is 2.69. The molecule has 1 aromatic carbocycles. The highest BCUT2D eigenvalue weighted by Gasteiger charge is 2.01. The number of nitrogens with one attached hydrogen (secondary N) is 1. The molecular weight excluding hydrogens is 240 g/mol. The van der Waals surface area contributed by atoms with Crippen molar-refractivity contribution in [3.63, 3.8) is 0 Å². The Morgan fingerprint density at radius 3 is 2.72 bits per heavy atom. The van der Waals surface area contributed by atoms with E-state index in [0.29, 0.717) is 0 Å².